The lowest BCUT2D eigenvalue weighted by molar-refractivity contribution is -0.384. The number of rotatable bonds is 5. The number of nitro groups is 1. The molecule has 0 bridgehead atoms. The third kappa shape index (κ3) is 3.43. The zero-order valence-electron chi connectivity index (χ0n) is 15.3. The summed E-state index contributed by atoms with van der Waals surface area (Å²) in [6, 6.07) is 16.0. The van der Waals surface area contributed by atoms with Crippen LogP contribution in [0.2, 0.25) is 0 Å². The Morgan fingerprint density at radius 2 is 1.62 bits per heavy atom. The SMILES string of the molecule is Cn1cc(-c2ccn(S(=O)(=O)c3ccccc3)c2)c(-c2ccc([N+](=O)[O-])cc2)n1. The number of aromatic nitrogens is 3. The summed E-state index contributed by atoms with van der Waals surface area (Å²) in [7, 11) is -1.94. The summed E-state index contributed by atoms with van der Waals surface area (Å²) in [5.74, 6) is 0. The Balaban J connectivity index is 1.75. The molecule has 2 heterocycles. The Morgan fingerprint density at radius 3 is 2.28 bits per heavy atom. The van der Waals surface area contributed by atoms with Crippen molar-refractivity contribution in [3.8, 4) is 22.4 Å². The van der Waals surface area contributed by atoms with Gasteiger partial charge < -0.3 is 0 Å². The molecule has 0 aliphatic carbocycles. The second kappa shape index (κ2) is 7.02. The first-order valence-electron chi connectivity index (χ1n) is 8.64. The third-order valence-electron chi connectivity index (χ3n) is 4.48. The monoisotopic (exact) mass is 408 g/mol. The van der Waals surface area contributed by atoms with Crippen molar-refractivity contribution in [1.82, 2.24) is 13.8 Å². The second-order valence-corrected chi connectivity index (χ2v) is 8.26. The number of hydrogen-bond acceptors (Lipinski definition) is 5. The molecule has 2 aromatic carbocycles. The maximum absolute atomic E-state index is 12.8. The molecule has 0 spiro atoms. The summed E-state index contributed by atoms with van der Waals surface area (Å²) in [6.45, 7) is 0. The van der Waals surface area contributed by atoms with Crippen LogP contribution in [0.5, 0.6) is 0 Å². The number of aryl methyl sites for hydroxylation is 1. The third-order valence-corrected chi connectivity index (χ3v) is 6.13. The largest absolute Gasteiger partial charge is 0.275 e. The van der Waals surface area contributed by atoms with E-state index in [2.05, 4.69) is 5.10 Å². The lowest BCUT2D eigenvalue weighted by atomic mass is 10.0. The summed E-state index contributed by atoms with van der Waals surface area (Å²) in [4.78, 5) is 10.6. The average Bonchev–Trinajstić information content (AvgIpc) is 3.36. The highest BCUT2D eigenvalue weighted by Gasteiger charge is 2.19. The van der Waals surface area contributed by atoms with Gasteiger partial charge in [-0.2, -0.15) is 5.10 Å². The van der Waals surface area contributed by atoms with E-state index in [0.717, 1.165) is 5.56 Å². The highest BCUT2D eigenvalue weighted by Crippen LogP contribution is 2.32. The molecule has 146 valence electrons. The fraction of sp³-hybridized carbons (Fsp3) is 0.0500. The maximum atomic E-state index is 12.8. The molecule has 0 aliphatic rings. The van der Waals surface area contributed by atoms with Gasteiger partial charge in [0.2, 0.25) is 0 Å². The van der Waals surface area contributed by atoms with Gasteiger partial charge in [0.05, 0.1) is 9.82 Å². The molecule has 4 aromatic rings. The molecule has 8 nitrogen and oxygen atoms in total. The first-order valence-corrected chi connectivity index (χ1v) is 10.1. The van der Waals surface area contributed by atoms with E-state index < -0.39 is 14.9 Å². The molecular formula is C20H16N4O4S. The van der Waals surface area contributed by atoms with E-state index in [1.807, 2.05) is 0 Å². The highest BCUT2D eigenvalue weighted by molar-refractivity contribution is 7.90. The van der Waals surface area contributed by atoms with Crippen LogP contribution in [0, 0.1) is 10.1 Å². The fourth-order valence-corrected chi connectivity index (χ4v) is 4.27. The van der Waals surface area contributed by atoms with Gasteiger partial charge in [0.1, 0.15) is 5.69 Å². The van der Waals surface area contributed by atoms with Gasteiger partial charge in [-0.15, -0.1) is 0 Å². The molecule has 0 unspecified atom stereocenters. The number of benzene rings is 2. The Kier molecular flexibility index (Phi) is 4.51. The van der Waals surface area contributed by atoms with Crippen LogP contribution in [0.4, 0.5) is 5.69 Å². The summed E-state index contributed by atoms with van der Waals surface area (Å²) in [5.41, 5.74) is 2.70. The van der Waals surface area contributed by atoms with Crippen molar-refractivity contribution in [1.29, 1.82) is 0 Å². The summed E-state index contributed by atoms with van der Waals surface area (Å²) in [5, 5.41) is 15.3. The van der Waals surface area contributed by atoms with Crippen LogP contribution >= 0.6 is 0 Å². The fourth-order valence-electron chi connectivity index (χ4n) is 3.05. The van der Waals surface area contributed by atoms with Gasteiger partial charge in [-0.1, -0.05) is 18.2 Å². The normalized spacial score (nSPS) is 11.5. The first-order chi connectivity index (χ1) is 13.9. The van der Waals surface area contributed by atoms with Crippen molar-refractivity contribution < 1.29 is 13.3 Å². The van der Waals surface area contributed by atoms with Gasteiger partial charge in [-0.05, 0) is 30.3 Å². The molecule has 0 atom stereocenters. The molecular weight excluding hydrogens is 392 g/mol. The second-order valence-electron chi connectivity index (χ2n) is 6.42. The number of nitrogens with zero attached hydrogens (tertiary/aromatic N) is 4. The van der Waals surface area contributed by atoms with Crippen LogP contribution in [0.1, 0.15) is 0 Å². The standard InChI is InChI=1S/C20H16N4O4S/c1-22-14-19(20(21-22)15-7-9-17(10-8-15)24(25)26)16-11-12-23(13-16)29(27,28)18-5-3-2-4-6-18/h2-14H,1H3. The summed E-state index contributed by atoms with van der Waals surface area (Å²) in [6.07, 6.45) is 4.81. The minimum atomic E-state index is -3.70. The molecule has 0 saturated carbocycles. The molecule has 0 saturated heterocycles. The van der Waals surface area contributed by atoms with Crippen LogP contribution in [-0.2, 0) is 17.1 Å². The lowest BCUT2D eigenvalue weighted by Crippen LogP contribution is -2.10. The minimum absolute atomic E-state index is 0.00802. The molecule has 29 heavy (non-hydrogen) atoms. The topological polar surface area (TPSA) is 100 Å². The van der Waals surface area contributed by atoms with E-state index in [1.165, 1.54) is 28.5 Å². The van der Waals surface area contributed by atoms with Gasteiger partial charge >= 0.3 is 0 Å². The molecule has 0 aliphatic heterocycles. The molecule has 0 amide bonds. The first kappa shape index (κ1) is 18.6. The van der Waals surface area contributed by atoms with Crippen molar-refractivity contribution in [2.24, 2.45) is 7.05 Å². The van der Waals surface area contributed by atoms with E-state index in [0.29, 0.717) is 16.8 Å². The Hall–Kier alpha value is -3.72. The van der Waals surface area contributed by atoms with Crippen molar-refractivity contribution in [3.05, 3.63) is 89.4 Å². The summed E-state index contributed by atoms with van der Waals surface area (Å²) < 4.78 is 28.4. The molecule has 4 rings (SSSR count). The van der Waals surface area contributed by atoms with Crippen LogP contribution in [0.15, 0.2) is 84.1 Å². The van der Waals surface area contributed by atoms with Gasteiger partial charge in [0.25, 0.3) is 15.7 Å². The van der Waals surface area contributed by atoms with Gasteiger partial charge in [-0.25, -0.2) is 12.4 Å². The van der Waals surface area contributed by atoms with Crippen LogP contribution in [0.3, 0.4) is 0 Å². The van der Waals surface area contributed by atoms with E-state index in [4.69, 9.17) is 0 Å². The van der Waals surface area contributed by atoms with Crippen molar-refractivity contribution in [2.75, 3.05) is 0 Å². The zero-order chi connectivity index (χ0) is 20.6. The smallest absolute Gasteiger partial charge is 0.269 e. The lowest BCUT2D eigenvalue weighted by Gasteiger charge is -2.05. The Morgan fingerprint density at radius 1 is 0.931 bits per heavy atom. The zero-order valence-corrected chi connectivity index (χ0v) is 16.2. The van der Waals surface area contributed by atoms with E-state index in [1.54, 1.807) is 66.5 Å². The predicted octanol–water partition coefficient (Wildman–Crippen LogP) is 3.70. The molecule has 9 heteroatoms. The number of non-ortho nitro benzene ring substituents is 1. The molecule has 0 N–H and O–H groups in total. The van der Waals surface area contributed by atoms with Gasteiger partial charge in [-0.3, -0.25) is 14.8 Å². The van der Waals surface area contributed by atoms with E-state index in [-0.39, 0.29) is 10.6 Å². The van der Waals surface area contributed by atoms with Crippen molar-refractivity contribution in [3.63, 3.8) is 0 Å². The van der Waals surface area contributed by atoms with Crippen LogP contribution < -0.4 is 0 Å². The average molecular weight is 408 g/mol. The molecule has 2 aromatic heterocycles. The Labute approximate surface area is 166 Å². The summed E-state index contributed by atoms with van der Waals surface area (Å²) >= 11 is 0. The predicted molar refractivity (Wildman–Crippen MR) is 108 cm³/mol. The maximum Gasteiger partial charge on any atom is 0.269 e. The highest BCUT2D eigenvalue weighted by atomic mass is 32.2. The number of nitro benzene ring substituents is 1. The van der Waals surface area contributed by atoms with Crippen molar-refractivity contribution >= 4 is 15.7 Å². The quantitative estimate of drug-likeness (QED) is 0.370. The van der Waals surface area contributed by atoms with E-state index >= 15 is 0 Å². The molecule has 0 radical (unpaired) electrons. The molecule has 0 fully saturated rings. The minimum Gasteiger partial charge on any atom is -0.275 e. The van der Waals surface area contributed by atoms with Crippen LogP contribution in [0.25, 0.3) is 22.4 Å². The van der Waals surface area contributed by atoms with Crippen molar-refractivity contribution in [2.45, 2.75) is 4.90 Å². The van der Waals surface area contributed by atoms with E-state index in [9.17, 15) is 18.5 Å². The Bertz CT molecular complexity index is 1290. The van der Waals surface area contributed by atoms with Gasteiger partial charge in [0, 0.05) is 54.5 Å². The van der Waals surface area contributed by atoms with Crippen LogP contribution in [-0.4, -0.2) is 27.1 Å². The number of hydrogen-bond donors (Lipinski definition) is 0. The van der Waals surface area contributed by atoms with Gasteiger partial charge in [0.15, 0.2) is 0 Å².